The first-order chi connectivity index (χ1) is 15.6. The van der Waals surface area contributed by atoms with Gasteiger partial charge in [-0.05, 0) is 0 Å². The zero-order chi connectivity index (χ0) is 25.8. The van der Waals surface area contributed by atoms with E-state index in [9.17, 15) is 45.6 Å². The van der Waals surface area contributed by atoms with Crippen LogP contribution in [-0.4, -0.2) is 93.6 Å². The van der Waals surface area contributed by atoms with Gasteiger partial charge in [-0.3, -0.25) is 28.3 Å². The Hall–Kier alpha value is -2.26. The number of hydrogen-bond donors (Lipinski definition) is 2. The second kappa shape index (κ2) is 11.0. The van der Waals surface area contributed by atoms with Gasteiger partial charge in [0.25, 0.3) is 43.9 Å². The van der Waals surface area contributed by atoms with Crippen molar-refractivity contribution in [2.45, 2.75) is 36.2 Å². The van der Waals surface area contributed by atoms with Crippen molar-refractivity contribution < 1.29 is 64.4 Å². The van der Waals surface area contributed by atoms with Gasteiger partial charge in [-0.2, -0.15) is 16.8 Å². The number of nitrogens with zero attached hydrogens (tertiary/aromatic N) is 2. The van der Waals surface area contributed by atoms with Crippen molar-refractivity contribution in [3.05, 3.63) is 0 Å². The molecule has 2 aliphatic heterocycles. The fourth-order valence-corrected chi connectivity index (χ4v) is 5.84. The molecule has 20 heteroatoms. The third-order valence-electron chi connectivity index (χ3n) is 4.09. The Morgan fingerprint density at radius 2 is 1.09 bits per heavy atom. The highest BCUT2D eigenvalue weighted by Gasteiger charge is 2.49. The molecule has 0 aromatic heterocycles. The molecule has 0 aromatic rings. The summed E-state index contributed by atoms with van der Waals surface area (Å²) in [6.07, 6.45) is -2.36. The van der Waals surface area contributed by atoms with Gasteiger partial charge in [0.2, 0.25) is 0 Å². The molecule has 2 aliphatic rings. The van der Waals surface area contributed by atoms with Gasteiger partial charge in [0.05, 0.1) is 25.7 Å². The molecular weight excluding hydrogens is 548 g/mol. The smallest absolute Gasteiger partial charge is 0.330 e. The number of hydrogen-bond acceptors (Lipinski definition) is 14. The minimum absolute atomic E-state index is 0.0257. The van der Waals surface area contributed by atoms with Crippen molar-refractivity contribution in [3.63, 3.8) is 0 Å². The lowest BCUT2D eigenvalue weighted by molar-refractivity contribution is -0.197. The van der Waals surface area contributed by atoms with E-state index in [4.69, 9.17) is 9.11 Å². The van der Waals surface area contributed by atoms with Crippen LogP contribution in [0.4, 0.5) is 0 Å². The van der Waals surface area contributed by atoms with Crippen LogP contribution < -0.4 is 0 Å². The minimum Gasteiger partial charge on any atom is -0.330 e. The molecule has 2 atom stereocenters. The van der Waals surface area contributed by atoms with E-state index in [0.29, 0.717) is 0 Å². The Balaban J connectivity index is 1.65. The van der Waals surface area contributed by atoms with Crippen LogP contribution in [0, 0.1) is 0 Å². The maximum atomic E-state index is 11.8. The van der Waals surface area contributed by atoms with Gasteiger partial charge in [0, 0.05) is 11.5 Å². The van der Waals surface area contributed by atoms with Crippen LogP contribution in [-0.2, 0) is 58.7 Å². The third-order valence-corrected chi connectivity index (χ3v) is 8.67. The zero-order valence-corrected chi connectivity index (χ0v) is 20.0. The molecule has 0 unspecified atom stereocenters. The summed E-state index contributed by atoms with van der Waals surface area (Å²) < 4.78 is 61.9. The Bertz CT molecular complexity index is 1030. The molecule has 0 aromatic carbocycles. The number of hydroxylamine groups is 4. The molecule has 0 radical (unpaired) electrons. The van der Waals surface area contributed by atoms with Crippen LogP contribution in [0.1, 0.15) is 25.7 Å². The number of carbonyl (C=O) groups excluding carboxylic acids is 6. The van der Waals surface area contributed by atoms with Gasteiger partial charge in [-0.25, -0.2) is 9.59 Å². The molecule has 2 fully saturated rings. The summed E-state index contributed by atoms with van der Waals surface area (Å²) in [7, 11) is -7.56. The molecule has 16 nitrogen and oxygen atoms in total. The normalized spacial score (nSPS) is 21.4. The van der Waals surface area contributed by atoms with Crippen molar-refractivity contribution in [3.8, 4) is 0 Å². The molecule has 4 amide bonds. The lowest BCUT2D eigenvalue weighted by atomic mass is 10.4. The van der Waals surface area contributed by atoms with Crippen LogP contribution in [0.2, 0.25) is 0 Å². The van der Waals surface area contributed by atoms with E-state index >= 15 is 0 Å². The number of carbonyl (C=O) groups is 6. The molecule has 0 spiro atoms. The number of rotatable bonds is 11. The van der Waals surface area contributed by atoms with Gasteiger partial charge in [-0.15, -0.1) is 10.1 Å². The van der Waals surface area contributed by atoms with Crippen LogP contribution in [0.3, 0.4) is 0 Å². The van der Waals surface area contributed by atoms with E-state index in [1.165, 1.54) is 0 Å². The molecule has 0 bridgehead atoms. The third kappa shape index (κ3) is 7.12. The standard InChI is InChI=1S/C14H16N2O14S4/c17-9-5-7(33(23,24)25)13(21)15(9)29-11(19)1-3-31-32-4-2-12(20)30-16-10(18)6-8(14(16)22)34(26,27)28/h7-8H,1-6H2,(H,23,24,25)(H,26,27,28)/t7-,8-/m1/s1. The Labute approximate surface area is 199 Å². The number of imide groups is 2. The van der Waals surface area contributed by atoms with Crippen LogP contribution in [0.15, 0.2) is 0 Å². The van der Waals surface area contributed by atoms with Crippen LogP contribution in [0.5, 0.6) is 0 Å². The first-order valence-corrected chi connectivity index (χ1v) is 14.4. The molecule has 190 valence electrons. The fourth-order valence-electron chi connectivity index (χ4n) is 2.48. The van der Waals surface area contributed by atoms with E-state index in [-0.39, 0.29) is 34.5 Å². The van der Waals surface area contributed by atoms with Gasteiger partial charge < -0.3 is 9.68 Å². The second-order valence-electron chi connectivity index (χ2n) is 6.54. The van der Waals surface area contributed by atoms with Crippen molar-refractivity contribution >= 4 is 77.4 Å². The summed E-state index contributed by atoms with van der Waals surface area (Å²) in [5, 5.41) is -4.13. The maximum absolute atomic E-state index is 11.8. The van der Waals surface area contributed by atoms with Crippen molar-refractivity contribution in [1.82, 2.24) is 10.1 Å². The Kier molecular flexibility index (Phi) is 9.04. The molecule has 0 saturated carbocycles. The first-order valence-electron chi connectivity index (χ1n) is 8.95. The SMILES string of the molecule is O=C(CCSSCCC(=O)ON1C(=O)C[C@@H](S(=O)(=O)O)C1=O)ON1C(=O)C[C@@H](S(=O)(=O)O)C1=O. The predicted molar refractivity (Wildman–Crippen MR) is 110 cm³/mol. The van der Waals surface area contributed by atoms with Gasteiger partial charge >= 0.3 is 11.9 Å². The summed E-state index contributed by atoms with van der Waals surface area (Å²) in [4.78, 5) is 79.2. The minimum atomic E-state index is -4.84. The van der Waals surface area contributed by atoms with E-state index in [0.717, 1.165) is 21.6 Å². The molecular formula is C14H16N2O14S4. The van der Waals surface area contributed by atoms with Crippen molar-refractivity contribution in [2.75, 3.05) is 11.5 Å². The Morgan fingerprint density at radius 3 is 1.35 bits per heavy atom. The Morgan fingerprint density at radius 1 is 0.765 bits per heavy atom. The maximum Gasteiger partial charge on any atom is 0.334 e. The van der Waals surface area contributed by atoms with E-state index in [1.807, 2.05) is 0 Å². The average Bonchev–Trinajstić information content (AvgIpc) is 3.15. The number of amides is 4. The summed E-state index contributed by atoms with van der Waals surface area (Å²) in [5.41, 5.74) is 0. The lowest BCUT2D eigenvalue weighted by Gasteiger charge is -2.13. The molecule has 2 heterocycles. The van der Waals surface area contributed by atoms with Crippen molar-refractivity contribution in [1.29, 1.82) is 0 Å². The van der Waals surface area contributed by atoms with Crippen LogP contribution >= 0.6 is 21.6 Å². The van der Waals surface area contributed by atoms with Crippen molar-refractivity contribution in [2.24, 2.45) is 0 Å². The molecule has 2 N–H and O–H groups in total. The molecule has 34 heavy (non-hydrogen) atoms. The molecule has 0 aliphatic carbocycles. The van der Waals surface area contributed by atoms with Crippen LogP contribution in [0.25, 0.3) is 0 Å². The van der Waals surface area contributed by atoms with E-state index in [2.05, 4.69) is 9.68 Å². The largest absolute Gasteiger partial charge is 0.334 e. The topological polar surface area (TPSA) is 236 Å². The second-order valence-corrected chi connectivity index (χ2v) is 12.4. The average molecular weight is 565 g/mol. The molecule has 2 rings (SSSR count). The van der Waals surface area contributed by atoms with E-state index < -0.39 is 79.1 Å². The highest BCUT2D eigenvalue weighted by molar-refractivity contribution is 8.76. The van der Waals surface area contributed by atoms with Gasteiger partial charge in [-0.1, -0.05) is 21.6 Å². The molecule has 2 saturated heterocycles. The van der Waals surface area contributed by atoms with Gasteiger partial charge in [0.1, 0.15) is 0 Å². The summed E-state index contributed by atoms with van der Waals surface area (Å²) >= 11 is 0. The first kappa shape index (κ1) is 28.0. The summed E-state index contributed by atoms with van der Waals surface area (Å²) in [6, 6.07) is 0. The van der Waals surface area contributed by atoms with Gasteiger partial charge in [0.15, 0.2) is 10.5 Å². The quantitative estimate of drug-likeness (QED) is 0.120. The fraction of sp³-hybridized carbons (Fsp3) is 0.571. The predicted octanol–water partition coefficient (Wildman–Crippen LogP) is -1.90. The lowest BCUT2D eigenvalue weighted by Crippen LogP contribution is -2.36. The van der Waals surface area contributed by atoms with E-state index in [1.54, 1.807) is 0 Å². The zero-order valence-electron chi connectivity index (χ0n) is 16.7. The monoisotopic (exact) mass is 564 g/mol. The summed E-state index contributed by atoms with van der Waals surface area (Å²) in [6.45, 7) is 0. The highest BCUT2D eigenvalue weighted by atomic mass is 33.1. The highest BCUT2D eigenvalue weighted by Crippen LogP contribution is 2.25. The summed E-state index contributed by atoms with van der Waals surface area (Å²) in [5.74, 6) is -6.92.